The van der Waals surface area contributed by atoms with Gasteiger partial charge < -0.3 is 10.4 Å². The SMILES string of the molecule is Cc1cc2c(NCC(C(=O)O)C(C)C)ncnc2s1. The van der Waals surface area contributed by atoms with Crippen LogP contribution in [0.4, 0.5) is 5.82 Å². The molecule has 1 atom stereocenters. The number of thiophene rings is 1. The molecule has 0 bridgehead atoms. The second-order valence-electron chi connectivity index (χ2n) is 4.87. The Kier molecular flexibility index (Phi) is 3.99. The van der Waals surface area contributed by atoms with Gasteiger partial charge in [-0.2, -0.15) is 0 Å². The van der Waals surface area contributed by atoms with Crippen molar-refractivity contribution in [1.29, 1.82) is 0 Å². The van der Waals surface area contributed by atoms with Gasteiger partial charge in [-0.05, 0) is 18.9 Å². The Bertz CT molecular complexity index is 595. The number of anilines is 1. The number of carboxylic acids is 1. The molecule has 0 spiro atoms. The number of hydrogen-bond donors (Lipinski definition) is 2. The normalized spacial score (nSPS) is 12.8. The summed E-state index contributed by atoms with van der Waals surface area (Å²) >= 11 is 1.61. The lowest BCUT2D eigenvalue weighted by molar-refractivity contribution is -0.142. The lowest BCUT2D eigenvalue weighted by atomic mass is 9.96. The summed E-state index contributed by atoms with van der Waals surface area (Å²) in [5, 5.41) is 13.3. The molecule has 2 N–H and O–H groups in total. The average Bonchev–Trinajstić information content (AvgIpc) is 2.69. The molecule has 0 aliphatic carbocycles. The minimum atomic E-state index is -0.783. The molecule has 0 amide bonds. The van der Waals surface area contributed by atoms with Gasteiger partial charge >= 0.3 is 5.97 Å². The number of carboxylic acid groups (broad SMARTS) is 1. The van der Waals surface area contributed by atoms with Crippen molar-refractivity contribution in [2.24, 2.45) is 11.8 Å². The number of aromatic nitrogens is 2. The molecule has 0 aliphatic rings. The van der Waals surface area contributed by atoms with E-state index in [4.69, 9.17) is 5.11 Å². The fourth-order valence-corrected chi connectivity index (χ4v) is 2.78. The van der Waals surface area contributed by atoms with Gasteiger partial charge in [0, 0.05) is 11.4 Å². The van der Waals surface area contributed by atoms with E-state index in [-0.39, 0.29) is 5.92 Å². The number of nitrogens with zero attached hydrogens (tertiary/aromatic N) is 2. The van der Waals surface area contributed by atoms with E-state index < -0.39 is 11.9 Å². The molecule has 0 radical (unpaired) electrons. The minimum Gasteiger partial charge on any atom is -0.481 e. The standard InChI is InChI=1S/C13H17N3O2S/c1-7(2)10(13(17)18)5-14-11-9-4-8(3)19-12(9)16-6-15-11/h4,6-7,10H,5H2,1-3H3,(H,17,18)(H,14,15,16). The van der Waals surface area contributed by atoms with Crippen LogP contribution in [0.25, 0.3) is 10.2 Å². The van der Waals surface area contributed by atoms with Crippen LogP contribution >= 0.6 is 11.3 Å². The fraction of sp³-hybridized carbons (Fsp3) is 0.462. The van der Waals surface area contributed by atoms with Crippen molar-refractivity contribution >= 4 is 33.3 Å². The van der Waals surface area contributed by atoms with Crippen LogP contribution < -0.4 is 5.32 Å². The van der Waals surface area contributed by atoms with E-state index in [1.165, 1.54) is 6.33 Å². The highest BCUT2D eigenvalue weighted by molar-refractivity contribution is 7.18. The van der Waals surface area contributed by atoms with E-state index >= 15 is 0 Å². The van der Waals surface area contributed by atoms with Crippen molar-refractivity contribution in [1.82, 2.24) is 9.97 Å². The number of hydrogen-bond acceptors (Lipinski definition) is 5. The minimum absolute atomic E-state index is 0.0755. The number of carbonyl (C=O) groups is 1. The molecule has 0 saturated carbocycles. The van der Waals surface area contributed by atoms with Crippen molar-refractivity contribution in [3.63, 3.8) is 0 Å². The molecule has 0 saturated heterocycles. The summed E-state index contributed by atoms with van der Waals surface area (Å²) < 4.78 is 0. The van der Waals surface area contributed by atoms with Crippen LogP contribution in [0.5, 0.6) is 0 Å². The second-order valence-corrected chi connectivity index (χ2v) is 6.10. The predicted molar refractivity (Wildman–Crippen MR) is 76.6 cm³/mol. The molecular weight excluding hydrogens is 262 g/mol. The lowest BCUT2D eigenvalue weighted by Crippen LogP contribution is -2.27. The maximum atomic E-state index is 11.2. The number of rotatable bonds is 5. The molecule has 19 heavy (non-hydrogen) atoms. The summed E-state index contributed by atoms with van der Waals surface area (Å²) in [5.41, 5.74) is 0. The third-order valence-electron chi connectivity index (χ3n) is 3.06. The van der Waals surface area contributed by atoms with Crippen molar-refractivity contribution in [2.75, 3.05) is 11.9 Å². The summed E-state index contributed by atoms with van der Waals surface area (Å²) in [6.45, 7) is 6.20. The summed E-state index contributed by atoms with van der Waals surface area (Å²) in [5.74, 6) is -0.424. The van der Waals surface area contributed by atoms with E-state index in [2.05, 4.69) is 15.3 Å². The van der Waals surface area contributed by atoms with Gasteiger partial charge in [-0.3, -0.25) is 4.79 Å². The molecule has 102 valence electrons. The van der Waals surface area contributed by atoms with Gasteiger partial charge in [0.25, 0.3) is 0 Å². The van der Waals surface area contributed by atoms with E-state index in [1.54, 1.807) is 11.3 Å². The Balaban J connectivity index is 2.19. The topological polar surface area (TPSA) is 75.1 Å². The number of aliphatic carboxylic acids is 1. The van der Waals surface area contributed by atoms with Gasteiger partial charge in [-0.1, -0.05) is 13.8 Å². The maximum absolute atomic E-state index is 11.2. The zero-order valence-electron chi connectivity index (χ0n) is 11.2. The van der Waals surface area contributed by atoms with Gasteiger partial charge in [0.1, 0.15) is 17.0 Å². The number of nitrogens with one attached hydrogen (secondary N) is 1. The van der Waals surface area contributed by atoms with E-state index in [1.807, 2.05) is 26.8 Å². The molecule has 2 rings (SSSR count). The van der Waals surface area contributed by atoms with Crippen LogP contribution in [-0.4, -0.2) is 27.6 Å². The van der Waals surface area contributed by atoms with Gasteiger partial charge in [0.15, 0.2) is 0 Å². The first-order valence-corrected chi connectivity index (χ1v) is 6.98. The maximum Gasteiger partial charge on any atom is 0.308 e. The first-order valence-electron chi connectivity index (χ1n) is 6.17. The Hall–Kier alpha value is -1.69. The Morgan fingerprint density at radius 3 is 2.84 bits per heavy atom. The first-order chi connectivity index (χ1) is 8.99. The van der Waals surface area contributed by atoms with Crippen LogP contribution in [0.1, 0.15) is 18.7 Å². The highest BCUT2D eigenvalue weighted by atomic mass is 32.1. The second kappa shape index (κ2) is 5.52. The lowest BCUT2D eigenvalue weighted by Gasteiger charge is -2.17. The van der Waals surface area contributed by atoms with Gasteiger partial charge in [0.2, 0.25) is 0 Å². The van der Waals surface area contributed by atoms with E-state index in [0.717, 1.165) is 15.1 Å². The summed E-state index contributed by atoms with van der Waals surface area (Å²) in [6.07, 6.45) is 1.51. The van der Waals surface area contributed by atoms with Crippen molar-refractivity contribution < 1.29 is 9.90 Å². The Labute approximate surface area is 115 Å². The molecule has 2 aromatic heterocycles. The monoisotopic (exact) mass is 279 g/mol. The summed E-state index contributed by atoms with van der Waals surface area (Å²) in [6, 6.07) is 2.02. The number of fused-ring (bicyclic) bond motifs is 1. The third kappa shape index (κ3) is 3.01. The highest BCUT2D eigenvalue weighted by Crippen LogP contribution is 2.27. The first kappa shape index (κ1) is 13.7. The van der Waals surface area contributed by atoms with Crippen molar-refractivity contribution in [3.8, 4) is 0 Å². The van der Waals surface area contributed by atoms with Crippen molar-refractivity contribution in [2.45, 2.75) is 20.8 Å². The van der Waals surface area contributed by atoms with Crippen LogP contribution in [0.15, 0.2) is 12.4 Å². The Morgan fingerprint density at radius 1 is 1.47 bits per heavy atom. The largest absolute Gasteiger partial charge is 0.481 e. The summed E-state index contributed by atoms with van der Waals surface area (Å²) in [7, 11) is 0. The molecule has 6 heteroatoms. The quantitative estimate of drug-likeness (QED) is 0.880. The van der Waals surface area contributed by atoms with Crippen LogP contribution in [0, 0.1) is 18.8 Å². The summed E-state index contributed by atoms with van der Waals surface area (Å²) in [4.78, 5) is 21.7. The molecule has 0 aromatic carbocycles. The van der Waals surface area contributed by atoms with Crippen molar-refractivity contribution in [3.05, 3.63) is 17.3 Å². The number of aryl methyl sites for hydroxylation is 1. The van der Waals surface area contributed by atoms with Crippen LogP contribution in [-0.2, 0) is 4.79 Å². The molecule has 1 unspecified atom stereocenters. The molecule has 2 aromatic rings. The molecular formula is C13H17N3O2S. The average molecular weight is 279 g/mol. The zero-order valence-corrected chi connectivity index (χ0v) is 12.0. The van der Waals surface area contributed by atoms with E-state index in [9.17, 15) is 4.79 Å². The predicted octanol–water partition coefficient (Wildman–Crippen LogP) is 2.77. The fourth-order valence-electron chi connectivity index (χ4n) is 1.93. The highest BCUT2D eigenvalue weighted by Gasteiger charge is 2.21. The van der Waals surface area contributed by atoms with Gasteiger partial charge in [-0.25, -0.2) is 9.97 Å². The smallest absolute Gasteiger partial charge is 0.308 e. The van der Waals surface area contributed by atoms with Crippen LogP contribution in [0.3, 0.4) is 0 Å². The molecule has 0 aliphatic heterocycles. The molecule has 5 nitrogen and oxygen atoms in total. The zero-order chi connectivity index (χ0) is 14.0. The van der Waals surface area contributed by atoms with Gasteiger partial charge in [-0.15, -0.1) is 11.3 Å². The van der Waals surface area contributed by atoms with E-state index in [0.29, 0.717) is 12.4 Å². The third-order valence-corrected chi connectivity index (χ3v) is 4.02. The van der Waals surface area contributed by atoms with Gasteiger partial charge in [0.05, 0.1) is 11.3 Å². The Morgan fingerprint density at radius 2 is 2.21 bits per heavy atom. The molecule has 0 fully saturated rings. The van der Waals surface area contributed by atoms with Crippen LogP contribution in [0.2, 0.25) is 0 Å². The molecule has 2 heterocycles.